The highest BCUT2D eigenvalue weighted by Crippen LogP contribution is 2.11. The Morgan fingerprint density at radius 1 is 1.00 bits per heavy atom. The van der Waals surface area contributed by atoms with Crippen LogP contribution in [0.1, 0.15) is 36.5 Å². The molecule has 0 saturated carbocycles. The fraction of sp³-hybridized carbons (Fsp3) is 0.381. The normalized spacial score (nSPS) is 14.4. The number of likely N-dealkylation sites (tertiary alicyclic amines) is 1. The molecular formula is C21H28N3S+. The Balaban J connectivity index is 1.46. The summed E-state index contributed by atoms with van der Waals surface area (Å²) in [5.74, 6) is 0. The third-order valence-corrected chi connectivity index (χ3v) is 5.08. The number of nitrogens with one attached hydrogen (secondary N) is 3. The molecule has 1 heterocycles. The lowest BCUT2D eigenvalue weighted by molar-refractivity contribution is -0.901. The molecule has 1 aliphatic rings. The van der Waals surface area contributed by atoms with Crippen molar-refractivity contribution in [2.24, 2.45) is 0 Å². The van der Waals surface area contributed by atoms with E-state index in [0.717, 1.165) is 25.2 Å². The first-order chi connectivity index (χ1) is 12.2. The van der Waals surface area contributed by atoms with Crippen molar-refractivity contribution in [3.8, 4) is 0 Å². The van der Waals surface area contributed by atoms with Gasteiger partial charge in [0.15, 0.2) is 5.11 Å². The summed E-state index contributed by atoms with van der Waals surface area (Å²) in [5.41, 5.74) is 5.04. The summed E-state index contributed by atoms with van der Waals surface area (Å²) in [6, 6.07) is 17.3. The van der Waals surface area contributed by atoms with E-state index in [9.17, 15) is 0 Å². The molecule has 0 amide bonds. The molecule has 25 heavy (non-hydrogen) atoms. The molecule has 0 spiro atoms. The van der Waals surface area contributed by atoms with E-state index in [1.165, 1.54) is 42.6 Å². The zero-order valence-electron chi connectivity index (χ0n) is 15.0. The maximum atomic E-state index is 5.41. The SMILES string of the molecule is CCc1cccc(NC(=S)NCc2ccc(C[NH+]3CCCC3)cc2)c1. The second kappa shape index (κ2) is 8.97. The number of hydrogen-bond donors (Lipinski definition) is 3. The topological polar surface area (TPSA) is 28.5 Å². The van der Waals surface area contributed by atoms with Gasteiger partial charge >= 0.3 is 0 Å². The predicted octanol–water partition coefficient (Wildman–Crippen LogP) is 2.91. The molecule has 132 valence electrons. The van der Waals surface area contributed by atoms with E-state index in [1.54, 1.807) is 4.90 Å². The summed E-state index contributed by atoms with van der Waals surface area (Å²) in [6.07, 6.45) is 3.78. The van der Waals surface area contributed by atoms with E-state index in [1.807, 2.05) is 6.07 Å². The lowest BCUT2D eigenvalue weighted by Gasteiger charge is -2.13. The van der Waals surface area contributed by atoms with Gasteiger partial charge in [-0.1, -0.05) is 43.3 Å². The van der Waals surface area contributed by atoms with Crippen molar-refractivity contribution in [2.75, 3.05) is 18.4 Å². The van der Waals surface area contributed by atoms with Crippen LogP contribution in [0.25, 0.3) is 0 Å². The molecule has 1 saturated heterocycles. The lowest BCUT2D eigenvalue weighted by Crippen LogP contribution is -3.08. The molecule has 3 N–H and O–H groups in total. The minimum Gasteiger partial charge on any atom is -0.358 e. The number of benzene rings is 2. The number of hydrogen-bond acceptors (Lipinski definition) is 1. The monoisotopic (exact) mass is 354 g/mol. The van der Waals surface area contributed by atoms with Gasteiger partial charge in [0.05, 0.1) is 13.1 Å². The lowest BCUT2D eigenvalue weighted by atomic mass is 10.1. The smallest absolute Gasteiger partial charge is 0.171 e. The van der Waals surface area contributed by atoms with Gasteiger partial charge in [0.2, 0.25) is 0 Å². The van der Waals surface area contributed by atoms with Gasteiger partial charge in [-0.05, 0) is 41.9 Å². The summed E-state index contributed by atoms with van der Waals surface area (Å²) in [5, 5.41) is 7.22. The molecule has 1 aliphatic heterocycles. The summed E-state index contributed by atoms with van der Waals surface area (Å²) < 4.78 is 0. The minimum absolute atomic E-state index is 0.666. The van der Waals surface area contributed by atoms with Gasteiger partial charge in [0.1, 0.15) is 6.54 Å². The van der Waals surface area contributed by atoms with Crippen molar-refractivity contribution >= 4 is 23.0 Å². The summed E-state index contributed by atoms with van der Waals surface area (Å²) >= 11 is 5.41. The van der Waals surface area contributed by atoms with Crippen LogP contribution in [0.3, 0.4) is 0 Å². The van der Waals surface area contributed by atoms with Crippen molar-refractivity contribution in [3.05, 3.63) is 65.2 Å². The Labute approximate surface area is 156 Å². The average molecular weight is 355 g/mol. The van der Waals surface area contributed by atoms with Crippen molar-refractivity contribution in [1.82, 2.24) is 5.32 Å². The van der Waals surface area contributed by atoms with Crippen LogP contribution in [0.4, 0.5) is 5.69 Å². The molecule has 3 nitrogen and oxygen atoms in total. The summed E-state index contributed by atoms with van der Waals surface area (Å²) in [4.78, 5) is 1.71. The van der Waals surface area contributed by atoms with Crippen LogP contribution in [-0.2, 0) is 19.5 Å². The van der Waals surface area contributed by atoms with Gasteiger partial charge in [-0.25, -0.2) is 0 Å². The second-order valence-electron chi connectivity index (χ2n) is 6.81. The minimum atomic E-state index is 0.666. The Kier molecular flexibility index (Phi) is 6.42. The van der Waals surface area contributed by atoms with Crippen molar-refractivity contribution in [3.63, 3.8) is 0 Å². The molecular weight excluding hydrogens is 326 g/mol. The Hall–Kier alpha value is -1.91. The van der Waals surface area contributed by atoms with Crippen molar-refractivity contribution in [1.29, 1.82) is 0 Å². The zero-order chi connectivity index (χ0) is 17.5. The van der Waals surface area contributed by atoms with E-state index in [0.29, 0.717) is 5.11 Å². The molecule has 0 radical (unpaired) electrons. The Morgan fingerprint density at radius 2 is 1.72 bits per heavy atom. The highest BCUT2D eigenvalue weighted by molar-refractivity contribution is 7.80. The van der Waals surface area contributed by atoms with Crippen LogP contribution in [0.15, 0.2) is 48.5 Å². The maximum absolute atomic E-state index is 5.41. The van der Waals surface area contributed by atoms with E-state index in [2.05, 4.69) is 60.0 Å². The molecule has 4 heteroatoms. The first-order valence-corrected chi connectivity index (χ1v) is 9.69. The molecule has 0 unspecified atom stereocenters. The van der Waals surface area contributed by atoms with Gasteiger partial charge in [0.25, 0.3) is 0 Å². The molecule has 0 aromatic heterocycles. The van der Waals surface area contributed by atoms with Crippen molar-refractivity contribution < 1.29 is 4.90 Å². The van der Waals surface area contributed by atoms with Gasteiger partial charge in [0, 0.05) is 30.6 Å². The van der Waals surface area contributed by atoms with Gasteiger partial charge in [-0.15, -0.1) is 0 Å². The van der Waals surface area contributed by atoms with Crippen LogP contribution < -0.4 is 15.5 Å². The quantitative estimate of drug-likeness (QED) is 0.697. The predicted molar refractivity (Wildman–Crippen MR) is 109 cm³/mol. The molecule has 2 aromatic rings. The van der Waals surface area contributed by atoms with E-state index < -0.39 is 0 Å². The third kappa shape index (κ3) is 5.55. The fourth-order valence-corrected chi connectivity index (χ4v) is 3.53. The number of quaternary nitrogens is 1. The van der Waals surface area contributed by atoms with Crippen LogP contribution >= 0.6 is 12.2 Å². The maximum Gasteiger partial charge on any atom is 0.171 e. The van der Waals surface area contributed by atoms with Gasteiger partial charge in [-0.2, -0.15) is 0 Å². The Morgan fingerprint density at radius 3 is 2.44 bits per heavy atom. The van der Waals surface area contributed by atoms with Crippen LogP contribution in [0.2, 0.25) is 0 Å². The molecule has 0 atom stereocenters. The fourth-order valence-electron chi connectivity index (χ4n) is 3.34. The molecule has 0 aliphatic carbocycles. The van der Waals surface area contributed by atoms with Crippen molar-refractivity contribution in [2.45, 2.75) is 39.3 Å². The number of anilines is 1. The Bertz CT molecular complexity index is 691. The first-order valence-electron chi connectivity index (χ1n) is 9.28. The summed E-state index contributed by atoms with van der Waals surface area (Å²) in [7, 11) is 0. The highest BCUT2D eigenvalue weighted by Gasteiger charge is 2.15. The molecule has 1 fully saturated rings. The molecule has 2 aromatic carbocycles. The molecule has 0 bridgehead atoms. The number of thiocarbonyl (C=S) groups is 1. The van der Waals surface area contributed by atoms with Crippen LogP contribution in [0.5, 0.6) is 0 Å². The molecule has 3 rings (SSSR count). The first kappa shape index (κ1) is 17.9. The standard InChI is InChI=1S/C21H27N3S/c1-2-17-6-5-7-20(14-17)23-21(25)22-15-18-8-10-19(11-9-18)16-24-12-3-4-13-24/h5-11,14H,2-4,12-13,15-16H2,1H3,(H2,22,23,25)/p+1. The van der Waals surface area contributed by atoms with E-state index in [-0.39, 0.29) is 0 Å². The highest BCUT2D eigenvalue weighted by atomic mass is 32.1. The van der Waals surface area contributed by atoms with Crippen LogP contribution in [0, 0.1) is 0 Å². The van der Waals surface area contributed by atoms with E-state index >= 15 is 0 Å². The average Bonchev–Trinajstić information content (AvgIpc) is 3.14. The second-order valence-corrected chi connectivity index (χ2v) is 7.22. The van der Waals surface area contributed by atoms with Gasteiger partial charge in [-0.3, -0.25) is 0 Å². The number of rotatable bonds is 6. The largest absolute Gasteiger partial charge is 0.358 e. The van der Waals surface area contributed by atoms with E-state index in [4.69, 9.17) is 12.2 Å². The van der Waals surface area contributed by atoms with Gasteiger partial charge < -0.3 is 15.5 Å². The third-order valence-electron chi connectivity index (χ3n) is 4.83. The summed E-state index contributed by atoms with van der Waals surface area (Å²) in [6.45, 7) is 6.70. The van der Waals surface area contributed by atoms with Crippen LogP contribution in [-0.4, -0.2) is 18.2 Å². The number of aryl methyl sites for hydroxylation is 1. The zero-order valence-corrected chi connectivity index (χ0v) is 15.8.